The number of benzene rings is 1. The van der Waals surface area contributed by atoms with Gasteiger partial charge in [-0.2, -0.15) is 0 Å². The highest BCUT2D eigenvalue weighted by Crippen LogP contribution is 2.42. The standard InChI is InChI=1S/C21H18F3N5O4/c1-9(10-2-3-10)28-8-12-6-11(7-14(15(12)19(28)30)33-21(22,23)24)13-4-5-29-18(26-13)16(20(31)32)17(25)27-29/h4-7,9-10H,2-3,8H2,1H3,(H2,25,27)(H,31,32)/t9-/m0/s1. The number of hydrogen-bond donors (Lipinski definition) is 2. The second-order valence-corrected chi connectivity index (χ2v) is 8.21. The molecule has 1 aromatic carbocycles. The van der Waals surface area contributed by atoms with E-state index in [9.17, 15) is 27.9 Å². The number of carboxylic acids is 1. The van der Waals surface area contributed by atoms with Crippen LogP contribution < -0.4 is 10.5 Å². The predicted octanol–water partition coefficient (Wildman–Crippen LogP) is 3.33. The molecule has 0 saturated heterocycles. The monoisotopic (exact) mass is 461 g/mol. The number of carbonyl (C=O) groups is 2. The summed E-state index contributed by atoms with van der Waals surface area (Å²) in [5.74, 6) is -2.36. The third-order valence-corrected chi connectivity index (χ3v) is 6.04. The van der Waals surface area contributed by atoms with E-state index in [0.717, 1.165) is 18.9 Å². The summed E-state index contributed by atoms with van der Waals surface area (Å²) >= 11 is 0. The zero-order chi connectivity index (χ0) is 23.7. The van der Waals surface area contributed by atoms with Crippen LogP contribution in [0.15, 0.2) is 24.4 Å². The number of nitrogens with two attached hydrogens (primary N) is 1. The Hall–Kier alpha value is -3.83. The Labute approximate surface area is 184 Å². The number of nitrogens with zero attached hydrogens (tertiary/aromatic N) is 4. The molecule has 1 saturated carbocycles. The molecule has 9 nitrogen and oxygen atoms in total. The summed E-state index contributed by atoms with van der Waals surface area (Å²) in [7, 11) is 0. The Bertz CT molecular complexity index is 1320. The molecule has 1 amide bonds. The molecule has 33 heavy (non-hydrogen) atoms. The van der Waals surface area contributed by atoms with Crippen molar-refractivity contribution in [2.45, 2.75) is 38.7 Å². The molecule has 3 heterocycles. The van der Waals surface area contributed by atoms with E-state index in [1.165, 1.54) is 16.8 Å². The van der Waals surface area contributed by atoms with Crippen LogP contribution in [0.25, 0.3) is 16.9 Å². The normalized spacial score (nSPS) is 16.8. The van der Waals surface area contributed by atoms with Crippen LogP contribution >= 0.6 is 0 Å². The van der Waals surface area contributed by atoms with Gasteiger partial charge in [0.05, 0.1) is 11.3 Å². The Morgan fingerprint density at radius 3 is 2.70 bits per heavy atom. The quantitative estimate of drug-likeness (QED) is 0.597. The summed E-state index contributed by atoms with van der Waals surface area (Å²) < 4.78 is 44.9. The van der Waals surface area contributed by atoms with Crippen LogP contribution in [0.1, 0.15) is 46.0 Å². The van der Waals surface area contributed by atoms with Gasteiger partial charge >= 0.3 is 12.3 Å². The Kier molecular flexibility index (Phi) is 4.52. The maximum atomic E-state index is 13.2. The molecule has 1 fully saturated rings. The second kappa shape index (κ2) is 7.09. The highest BCUT2D eigenvalue weighted by Gasteiger charge is 2.42. The summed E-state index contributed by atoms with van der Waals surface area (Å²) in [5.41, 5.74) is 5.97. The first-order valence-corrected chi connectivity index (χ1v) is 10.2. The number of anilines is 1. The molecule has 3 N–H and O–H groups in total. The number of nitrogen functional groups attached to an aromatic ring is 1. The fourth-order valence-electron chi connectivity index (χ4n) is 4.27. The van der Waals surface area contributed by atoms with E-state index in [1.807, 2.05) is 6.92 Å². The maximum Gasteiger partial charge on any atom is 0.573 e. The van der Waals surface area contributed by atoms with Crippen molar-refractivity contribution >= 4 is 23.3 Å². The van der Waals surface area contributed by atoms with Gasteiger partial charge in [-0.15, -0.1) is 18.3 Å². The van der Waals surface area contributed by atoms with Crippen molar-refractivity contribution in [2.24, 2.45) is 5.92 Å². The number of rotatable bonds is 5. The van der Waals surface area contributed by atoms with E-state index in [1.54, 1.807) is 11.0 Å². The average Bonchev–Trinajstić information content (AvgIpc) is 3.43. The van der Waals surface area contributed by atoms with Gasteiger partial charge in [-0.3, -0.25) is 4.79 Å². The minimum Gasteiger partial charge on any atom is -0.477 e. The van der Waals surface area contributed by atoms with Gasteiger partial charge in [0.2, 0.25) is 0 Å². The van der Waals surface area contributed by atoms with Crippen LogP contribution in [0, 0.1) is 5.92 Å². The Balaban J connectivity index is 1.63. The number of aromatic carboxylic acids is 1. The lowest BCUT2D eigenvalue weighted by molar-refractivity contribution is -0.274. The third-order valence-electron chi connectivity index (χ3n) is 6.04. The largest absolute Gasteiger partial charge is 0.573 e. The summed E-state index contributed by atoms with van der Waals surface area (Å²) in [6, 6.07) is 4.03. The first-order chi connectivity index (χ1) is 15.5. The molecule has 1 aliphatic heterocycles. The van der Waals surface area contributed by atoms with Crippen LogP contribution in [0.2, 0.25) is 0 Å². The molecule has 0 unspecified atom stereocenters. The zero-order valence-corrected chi connectivity index (χ0v) is 17.3. The van der Waals surface area contributed by atoms with Crippen molar-refractivity contribution in [3.05, 3.63) is 41.1 Å². The molecule has 172 valence electrons. The van der Waals surface area contributed by atoms with Gasteiger partial charge in [0.25, 0.3) is 5.91 Å². The first kappa shape index (κ1) is 21.0. The maximum absolute atomic E-state index is 13.2. The molecule has 2 aliphatic rings. The SMILES string of the molecule is C[C@@H](C1CC1)N1Cc2cc(-c3ccn4nc(N)c(C(=O)O)c4n3)cc(OC(F)(F)F)c2C1=O. The van der Waals surface area contributed by atoms with E-state index < -0.39 is 24.0 Å². The molecular weight excluding hydrogens is 443 g/mol. The highest BCUT2D eigenvalue weighted by molar-refractivity contribution is 6.02. The first-order valence-electron chi connectivity index (χ1n) is 10.2. The topological polar surface area (TPSA) is 123 Å². The number of aromatic nitrogens is 3. The molecule has 0 bridgehead atoms. The van der Waals surface area contributed by atoms with Crippen LogP contribution in [0.5, 0.6) is 5.75 Å². The molecular formula is C21H18F3N5O4. The molecule has 1 aliphatic carbocycles. The lowest BCUT2D eigenvalue weighted by Crippen LogP contribution is -2.34. The number of fused-ring (bicyclic) bond motifs is 2. The van der Waals surface area contributed by atoms with Crippen molar-refractivity contribution in [2.75, 3.05) is 5.73 Å². The Morgan fingerprint density at radius 2 is 2.06 bits per heavy atom. The van der Waals surface area contributed by atoms with Gasteiger partial charge in [0.15, 0.2) is 11.5 Å². The van der Waals surface area contributed by atoms with Gasteiger partial charge in [-0.25, -0.2) is 14.3 Å². The van der Waals surface area contributed by atoms with Crippen LogP contribution in [0.3, 0.4) is 0 Å². The summed E-state index contributed by atoms with van der Waals surface area (Å²) in [4.78, 5) is 30.4. The van der Waals surface area contributed by atoms with Crippen molar-refractivity contribution in [1.82, 2.24) is 19.5 Å². The fourth-order valence-corrected chi connectivity index (χ4v) is 4.27. The van der Waals surface area contributed by atoms with E-state index >= 15 is 0 Å². The van der Waals surface area contributed by atoms with Crippen LogP contribution in [-0.4, -0.2) is 48.9 Å². The second-order valence-electron chi connectivity index (χ2n) is 8.21. The molecule has 0 radical (unpaired) electrons. The van der Waals surface area contributed by atoms with Gasteiger partial charge in [0, 0.05) is 24.3 Å². The van der Waals surface area contributed by atoms with Crippen LogP contribution in [-0.2, 0) is 6.54 Å². The van der Waals surface area contributed by atoms with E-state index in [4.69, 9.17) is 5.73 Å². The van der Waals surface area contributed by atoms with Gasteiger partial charge < -0.3 is 20.5 Å². The number of ether oxygens (including phenoxy) is 1. The van der Waals surface area contributed by atoms with Crippen molar-refractivity contribution in [3.8, 4) is 17.0 Å². The average molecular weight is 461 g/mol. The molecule has 5 rings (SSSR count). The number of amides is 1. The molecule has 3 aromatic rings. The van der Waals surface area contributed by atoms with E-state index in [0.29, 0.717) is 11.5 Å². The minimum absolute atomic E-state index is 0.0589. The van der Waals surface area contributed by atoms with Gasteiger partial charge in [0.1, 0.15) is 11.3 Å². The van der Waals surface area contributed by atoms with Crippen molar-refractivity contribution < 1.29 is 32.6 Å². The number of carbonyl (C=O) groups excluding carboxylic acids is 1. The lowest BCUT2D eigenvalue weighted by atomic mass is 10.0. The van der Waals surface area contributed by atoms with Crippen molar-refractivity contribution in [3.63, 3.8) is 0 Å². The molecule has 12 heteroatoms. The number of alkyl halides is 3. The number of carboxylic acid groups (broad SMARTS) is 1. The smallest absolute Gasteiger partial charge is 0.477 e. The zero-order valence-electron chi connectivity index (χ0n) is 17.3. The minimum atomic E-state index is -5.00. The lowest BCUT2D eigenvalue weighted by Gasteiger charge is -2.24. The Morgan fingerprint density at radius 1 is 1.33 bits per heavy atom. The van der Waals surface area contributed by atoms with E-state index in [-0.39, 0.29) is 46.4 Å². The number of halogens is 3. The third kappa shape index (κ3) is 3.60. The molecule has 1 atom stereocenters. The molecule has 0 spiro atoms. The molecule has 2 aromatic heterocycles. The number of hydrogen-bond acceptors (Lipinski definition) is 6. The highest BCUT2D eigenvalue weighted by atomic mass is 19.4. The van der Waals surface area contributed by atoms with Gasteiger partial charge in [-0.05, 0) is 49.4 Å². The van der Waals surface area contributed by atoms with E-state index in [2.05, 4.69) is 14.8 Å². The van der Waals surface area contributed by atoms with Crippen molar-refractivity contribution in [1.29, 1.82) is 0 Å². The predicted molar refractivity (Wildman–Crippen MR) is 109 cm³/mol. The van der Waals surface area contributed by atoms with Crippen LogP contribution in [0.4, 0.5) is 19.0 Å². The fraction of sp³-hybridized carbons (Fsp3) is 0.333. The summed E-state index contributed by atoms with van der Waals surface area (Å²) in [5, 5.41) is 13.3. The van der Waals surface area contributed by atoms with Gasteiger partial charge in [-0.1, -0.05) is 0 Å². The summed E-state index contributed by atoms with van der Waals surface area (Å²) in [6.45, 7) is 2.04. The summed E-state index contributed by atoms with van der Waals surface area (Å²) in [6.07, 6.45) is -1.65.